The van der Waals surface area contributed by atoms with Gasteiger partial charge in [0, 0.05) is 47.4 Å². The van der Waals surface area contributed by atoms with Crippen LogP contribution in [0.5, 0.6) is 0 Å². The summed E-state index contributed by atoms with van der Waals surface area (Å²) < 4.78 is 14.4. The Morgan fingerprint density at radius 2 is 1.92 bits per heavy atom. The summed E-state index contributed by atoms with van der Waals surface area (Å²) in [5.41, 5.74) is 10.4. The van der Waals surface area contributed by atoms with Gasteiger partial charge in [-0.2, -0.15) is 0 Å². The Labute approximate surface area is 225 Å². The van der Waals surface area contributed by atoms with Crippen LogP contribution in [0.1, 0.15) is 39.1 Å². The van der Waals surface area contributed by atoms with E-state index < -0.39 is 11.7 Å². The van der Waals surface area contributed by atoms with Crippen LogP contribution < -0.4 is 11.1 Å². The van der Waals surface area contributed by atoms with Crippen LogP contribution in [0.25, 0.3) is 33.2 Å². The third kappa shape index (κ3) is 5.26. The van der Waals surface area contributed by atoms with Crippen LogP contribution in [0.4, 0.5) is 4.39 Å². The highest BCUT2D eigenvalue weighted by Gasteiger charge is 2.25. The average Bonchev–Trinajstić information content (AvgIpc) is 3.39. The van der Waals surface area contributed by atoms with Gasteiger partial charge in [0.15, 0.2) is 0 Å². The van der Waals surface area contributed by atoms with Crippen molar-refractivity contribution < 1.29 is 14.0 Å². The molecule has 0 aliphatic carbocycles. The number of fused-ring (bicyclic) bond motifs is 1. The van der Waals surface area contributed by atoms with Crippen molar-refractivity contribution in [2.75, 3.05) is 20.1 Å². The number of carbonyl (C=O) groups excluding carboxylic acids is 2. The Bertz CT molecular complexity index is 1550. The van der Waals surface area contributed by atoms with Crippen LogP contribution in [-0.4, -0.2) is 47.9 Å². The van der Waals surface area contributed by atoms with Crippen LogP contribution in [0.3, 0.4) is 0 Å². The molecule has 0 radical (unpaired) electrons. The van der Waals surface area contributed by atoms with Gasteiger partial charge in [-0.05, 0) is 91.0 Å². The summed E-state index contributed by atoms with van der Waals surface area (Å²) in [5.74, 6) is -1.21. The van der Waals surface area contributed by atoms with Crippen molar-refractivity contribution in [1.82, 2.24) is 15.2 Å². The average molecular weight is 531 g/mol. The lowest BCUT2D eigenvalue weighted by molar-refractivity contribution is 0.0786. The first-order valence-electron chi connectivity index (χ1n) is 12.5. The summed E-state index contributed by atoms with van der Waals surface area (Å²) in [4.78, 5) is 32.2. The van der Waals surface area contributed by atoms with Crippen molar-refractivity contribution in [3.63, 3.8) is 0 Å². The third-order valence-electron chi connectivity index (χ3n) is 6.95. The summed E-state index contributed by atoms with van der Waals surface area (Å²) in [6.45, 7) is 3.38. The molecule has 1 saturated heterocycles. The Balaban J connectivity index is 1.70. The van der Waals surface area contributed by atoms with Gasteiger partial charge in [-0.25, -0.2) is 4.39 Å². The maximum absolute atomic E-state index is 14.4. The van der Waals surface area contributed by atoms with Gasteiger partial charge in [-0.15, -0.1) is 0 Å². The van der Waals surface area contributed by atoms with Crippen molar-refractivity contribution in [3.8, 4) is 22.3 Å². The van der Waals surface area contributed by atoms with Crippen molar-refractivity contribution in [2.45, 2.75) is 25.8 Å². The lowest BCUT2D eigenvalue weighted by Gasteiger charge is -2.24. The molecule has 1 aromatic heterocycles. The molecule has 0 bridgehead atoms. The second kappa shape index (κ2) is 10.5. The summed E-state index contributed by atoms with van der Waals surface area (Å²) in [5, 5.41) is 4.29. The summed E-state index contributed by atoms with van der Waals surface area (Å²) >= 11 is 6.18. The predicted octanol–water partition coefficient (Wildman–Crippen LogP) is 5.59. The monoisotopic (exact) mass is 530 g/mol. The first kappa shape index (κ1) is 25.8. The molecule has 2 heterocycles. The zero-order valence-electron chi connectivity index (χ0n) is 21.2. The number of hydrogen-bond donors (Lipinski definition) is 2. The number of nitrogens with one attached hydrogen (secondary N) is 1. The molecule has 0 unspecified atom stereocenters. The lowest BCUT2D eigenvalue weighted by atomic mass is 9.93. The van der Waals surface area contributed by atoms with Crippen LogP contribution >= 0.6 is 11.6 Å². The maximum atomic E-state index is 14.4. The Hall–Kier alpha value is -3.81. The number of carbonyl (C=O) groups is 2. The smallest absolute Gasteiger partial charge is 0.255 e. The van der Waals surface area contributed by atoms with Gasteiger partial charge < -0.3 is 16.0 Å². The van der Waals surface area contributed by atoms with E-state index in [0.717, 1.165) is 36.1 Å². The SMILES string of the molecule is Cc1cc(C(N)=O)cc(-c2ccc3ncc(-c4cc(F)cc(Cl)c4)c(C(=O)N(C)C[C@@H]4CCCN4)c3c2)c1. The maximum Gasteiger partial charge on any atom is 0.255 e. The van der Waals surface area contributed by atoms with Crippen molar-refractivity contribution in [1.29, 1.82) is 0 Å². The second-order valence-corrected chi connectivity index (χ2v) is 10.3. The lowest BCUT2D eigenvalue weighted by Crippen LogP contribution is -2.38. The summed E-state index contributed by atoms with van der Waals surface area (Å²) in [6, 6.07) is 15.5. The molecule has 1 atom stereocenters. The molecule has 0 spiro atoms. The molecule has 4 aromatic rings. The van der Waals surface area contributed by atoms with E-state index in [2.05, 4.69) is 10.3 Å². The van der Waals surface area contributed by atoms with Crippen molar-refractivity contribution in [3.05, 3.63) is 88.3 Å². The van der Waals surface area contributed by atoms with E-state index in [4.69, 9.17) is 17.3 Å². The van der Waals surface area contributed by atoms with E-state index >= 15 is 0 Å². The number of hydrogen-bond acceptors (Lipinski definition) is 4. The molecule has 5 rings (SSSR count). The number of likely N-dealkylation sites (N-methyl/N-ethyl adjacent to an activating group) is 1. The highest BCUT2D eigenvalue weighted by molar-refractivity contribution is 6.31. The fourth-order valence-corrected chi connectivity index (χ4v) is 5.36. The molecular weight excluding hydrogens is 503 g/mol. The van der Waals surface area contributed by atoms with Gasteiger partial charge >= 0.3 is 0 Å². The van der Waals surface area contributed by atoms with Crippen LogP contribution in [0.15, 0.2) is 60.8 Å². The van der Waals surface area contributed by atoms with E-state index in [1.54, 1.807) is 36.3 Å². The number of aryl methyl sites for hydroxylation is 1. The van der Waals surface area contributed by atoms with Crippen molar-refractivity contribution >= 4 is 34.3 Å². The molecule has 8 heteroatoms. The minimum Gasteiger partial charge on any atom is -0.366 e. The zero-order chi connectivity index (χ0) is 27.0. The number of pyridine rings is 1. The molecule has 3 N–H and O–H groups in total. The molecule has 1 aliphatic heterocycles. The summed E-state index contributed by atoms with van der Waals surface area (Å²) in [6.07, 6.45) is 3.67. The molecule has 1 aliphatic rings. The molecule has 38 heavy (non-hydrogen) atoms. The number of halogens is 2. The molecule has 0 saturated carbocycles. The van der Waals surface area contributed by atoms with Crippen LogP contribution in [0, 0.1) is 12.7 Å². The van der Waals surface area contributed by atoms with Gasteiger partial charge in [-0.1, -0.05) is 23.7 Å². The van der Waals surface area contributed by atoms with Gasteiger partial charge in [0.05, 0.1) is 11.1 Å². The van der Waals surface area contributed by atoms with Crippen LogP contribution in [0.2, 0.25) is 5.02 Å². The topological polar surface area (TPSA) is 88.3 Å². The number of nitrogens with zero attached hydrogens (tertiary/aromatic N) is 2. The van der Waals surface area contributed by atoms with E-state index in [0.29, 0.717) is 39.7 Å². The van der Waals surface area contributed by atoms with E-state index in [1.165, 1.54) is 12.1 Å². The van der Waals surface area contributed by atoms with E-state index in [1.807, 2.05) is 31.2 Å². The number of aromatic nitrogens is 1. The first-order valence-corrected chi connectivity index (χ1v) is 12.9. The number of rotatable bonds is 6. The highest BCUT2D eigenvalue weighted by atomic mass is 35.5. The standard InChI is InChI=1S/C30H28ClFN4O2/c1-17-8-19(10-21(9-17)29(33)37)18-5-6-27-25(13-18)28(30(38)36(2)16-24-4-3-7-34-24)26(15-35-27)20-11-22(31)14-23(32)12-20/h5-6,8-15,24,34H,3-4,7,16H2,1-2H3,(H2,33,37)/t24-/m0/s1. The minimum atomic E-state index is -0.513. The highest BCUT2D eigenvalue weighted by Crippen LogP contribution is 2.34. The van der Waals surface area contributed by atoms with E-state index in [9.17, 15) is 14.0 Å². The van der Waals surface area contributed by atoms with Gasteiger partial charge in [0.2, 0.25) is 5.91 Å². The number of nitrogens with two attached hydrogens (primary N) is 1. The number of primary amides is 1. The van der Waals surface area contributed by atoms with Gasteiger partial charge in [0.1, 0.15) is 5.82 Å². The fraction of sp³-hybridized carbons (Fsp3) is 0.233. The second-order valence-electron chi connectivity index (χ2n) is 9.87. The minimum absolute atomic E-state index is 0.194. The largest absolute Gasteiger partial charge is 0.366 e. The fourth-order valence-electron chi connectivity index (χ4n) is 5.14. The molecule has 194 valence electrons. The van der Waals surface area contributed by atoms with E-state index in [-0.39, 0.29) is 17.0 Å². The number of amides is 2. The molecule has 2 amide bonds. The van der Waals surface area contributed by atoms with Gasteiger partial charge in [-0.3, -0.25) is 14.6 Å². The normalized spacial score (nSPS) is 15.1. The third-order valence-corrected chi connectivity index (χ3v) is 7.17. The summed E-state index contributed by atoms with van der Waals surface area (Å²) in [7, 11) is 1.78. The Morgan fingerprint density at radius 1 is 1.11 bits per heavy atom. The zero-order valence-corrected chi connectivity index (χ0v) is 22.0. The van der Waals surface area contributed by atoms with Gasteiger partial charge in [0.25, 0.3) is 5.91 Å². The Kier molecular flexibility index (Phi) is 7.15. The van der Waals surface area contributed by atoms with Crippen molar-refractivity contribution in [2.24, 2.45) is 5.73 Å². The molecule has 6 nitrogen and oxygen atoms in total. The molecule has 1 fully saturated rings. The first-order chi connectivity index (χ1) is 18.2. The molecule has 3 aromatic carbocycles. The Morgan fingerprint density at radius 3 is 2.63 bits per heavy atom. The molecular formula is C30H28ClFN4O2. The quantitative estimate of drug-likeness (QED) is 0.340. The predicted molar refractivity (Wildman–Crippen MR) is 149 cm³/mol. The van der Waals surface area contributed by atoms with Crippen LogP contribution in [-0.2, 0) is 0 Å². The number of benzene rings is 3.